The van der Waals surface area contributed by atoms with Crippen LogP contribution in [0.1, 0.15) is 0 Å². The van der Waals surface area contributed by atoms with E-state index in [0.29, 0.717) is 10.8 Å². The van der Waals surface area contributed by atoms with Crippen LogP contribution in [0.25, 0.3) is 0 Å². The van der Waals surface area contributed by atoms with Gasteiger partial charge in [0.1, 0.15) is 11.5 Å². The van der Waals surface area contributed by atoms with Crippen molar-refractivity contribution in [3.8, 4) is 23.0 Å². The van der Waals surface area contributed by atoms with Gasteiger partial charge in [0.25, 0.3) is 0 Å². The van der Waals surface area contributed by atoms with E-state index in [1.54, 1.807) is 24.3 Å². The number of para-hydroxylation sites is 1. The van der Waals surface area contributed by atoms with E-state index >= 15 is 0 Å². The second-order valence-electron chi connectivity index (χ2n) is 3.18. The highest BCUT2D eigenvalue weighted by molar-refractivity contribution is 6.32. The Kier molecular flexibility index (Phi) is 2.88. The van der Waals surface area contributed by atoms with Crippen LogP contribution in [0, 0.1) is 0 Å². The van der Waals surface area contributed by atoms with Crippen LogP contribution in [0.5, 0.6) is 23.0 Å². The largest absolute Gasteiger partial charge is 0.508 e. The van der Waals surface area contributed by atoms with Gasteiger partial charge in [-0.15, -0.1) is 0 Å². The van der Waals surface area contributed by atoms with Crippen molar-refractivity contribution in [3.63, 3.8) is 0 Å². The van der Waals surface area contributed by atoms with Crippen LogP contribution in [-0.2, 0) is 0 Å². The zero-order chi connectivity index (χ0) is 11.5. The summed E-state index contributed by atoms with van der Waals surface area (Å²) in [6, 6.07) is 11.0. The highest BCUT2D eigenvalue weighted by atomic mass is 35.5. The quantitative estimate of drug-likeness (QED) is 0.839. The summed E-state index contributed by atoms with van der Waals surface area (Å²) in [4.78, 5) is 0. The van der Waals surface area contributed by atoms with E-state index in [1.165, 1.54) is 18.2 Å². The SMILES string of the molecule is Oc1ccc(Oc2ccccc2Cl)c(O)c1. The highest BCUT2D eigenvalue weighted by Crippen LogP contribution is 2.35. The number of hydrogen-bond donors (Lipinski definition) is 2. The van der Waals surface area contributed by atoms with Crippen LogP contribution < -0.4 is 4.74 Å². The molecule has 0 saturated heterocycles. The Morgan fingerprint density at radius 2 is 1.69 bits per heavy atom. The molecule has 0 fully saturated rings. The molecule has 0 heterocycles. The summed E-state index contributed by atoms with van der Waals surface area (Å²) in [6.45, 7) is 0. The highest BCUT2D eigenvalue weighted by Gasteiger charge is 2.06. The number of hydrogen-bond acceptors (Lipinski definition) is 3. The lowest BCUT2D eigenvalue weighted by Crippen LogP contribution is -1.85. The van der Waals surface area contributed by atoms with Crippen LogP contribution in [-0.4, -0.2) is 10.2 Å². The molecule has 0 saturated carbocycles. The summed E-state index contributed by atoms with van der Waals surface area (Å²) >= 11 is 5.90. The number of phenols is 2. The Bertz CT molecular complexity index is 511. The van der Waals surface area contributed by atoms with Gasteiger partial charge in [0.05, 0.1) is 5.02 Å². The molecule has 0 amide bonds. The van der Waals surface area contributed by atoms with Crippen molar-refractivity contribution in [2.75, 3.05) is 0 Å². The Balaban J connectivity index is 2.31. The first-order valence-corrected chi connectivity index (χ1v) is 4.99. The first-order valence-electron chi connectivity index (χ1n) is 4.61. The third kappa shape index (κ3) is 2.20. The minimum absolute atomic E-state index is 0.0241. The molecular formula is C12H9ClO3. The lowest BCUT2D eigenvalue weighted by molar-refractivity contribution is 0.403. The molecule has 0 aliphatic carbocycles. The molecule has 2 aromatic carbocycles. The third-order valence-corrected chi connectivity index (χ3v) is 2.31. The molecule has 0 unspecified atom stereocenters. The summed E-state index contributed by atoms with van der Waals surface area (Å²) in [5.74, 6) is 0.528. The molecular weight excluding hydrogens is 228 g/mol. The maximum atomic E-state index is 9.52. The standard InChI is InChI=1S/C12H9ClO3/c13-9-3-1-2-4-11(9)16-12-6-5-8(14)7-10(12)15/h1-7,14-15H. The number of ether oxygens (including phenoxy) is 1. The van der Waals surface area contributed by atoms with E-state index in [0.717, 1.165) is 0 Å². The smallest absolute Gasteiger partial charge is 0.169 e. The van der Waals surface area contributed by atoms with Crippen molar-refractivity contribution in [2.45, 2.75) is 0 Å². The number of phenolic OH excluding ortho intramolecular Hbond substituents is 2. The van der Waals surface area contributed by atoms with Crippen molar-refractivity contribution in [3.05, 3.63) is 47.5 Å². The zero-order valence-electron chi connectivity index (χ0n) is 8.22. The fourth-order valence-corrected chi connectivity index (χ4v) is 1.41. The summed E-state index contributed by atoms with van der Waals surface area (Å²) in [5, 5.41) is 19.1. The van der Waals surface area contributed by atoms with Gasteiger partial charge in [-0.3, -0.25) is 0 Å². The summed E-state index contributed by atoms with van der Waals surface area (Å²) in [7, 11) is 0. The average molecular weight is 237 g/mol. The summed E-state index contributed by atoms with van der Waals surface area (Å²) in [6.07, 6.45) is 0. The van der Waals surface area contributed by atoms with Gasteiger partial charge in [0.2, 0.25) is 0 Å². The average Bonchev–Trinajstić information content (AvgIpc) is 2.25. The van der Waals surface area contributed by atoms with Gasteiger partial charge < -0.3 is 14.9 Å². The molecule has 4 heteroatoms. The molecule has 2 N–H and O–H groups in total. The van der Waals surface area contributed by atoms with Gasteiger partial charge in [0.15, 0.2) is 11.5 Å². The van der Waals surface area contributed by atoms with Crippen LogP contribution >= 0.6 is 11.6 Å². The molecule has 3 nitrogen and oxygen atoms in total. The summed E-state index contributed by atoms with van der Waals surface area (Å²) in [5.41, 5.74) is 0. The molecule has 0 aliphatic heterocycles. The molecule has 2 aromatic rings. The fraction of sp³-hybridized carbons (Fsp3) is 0. The minimum Gasteiger partial charge on any atom is -0.508 e. The second kappa shape index (κ2) is 4.33. The zero-order valence-corrected chi connectivity index (χ0v) is 8.98. The van der Waals surface area contributed by atoms with Crippen LogP contribution in [0.2, 0.25) is 5.02 Å². The Morgan fingerprint density at radius 1 is 0.938 bits per heavy atom. The van der Waals surface area contributed by atoms with Gasteiger partial charge in [-0.1, -0.05) is 23.7 Å². The van der Waals surface area contributed by atoms with Gasteiger partial charge in [-0.2, -0.15) is 0 Å². The van der Waals surface area contributed by atoms with Gasteiger partial charge in [0, 0.05) is 6.07 Å². The van der Waals surface area contributed by atoms with Crippen molar-refractivity contribution in [2.24, 2.45) is 0 Å². The van der Waals surface area contributed by atoms with E-state index in [-0.39, 0.29) is 17.2 Å². The van der Waals surface area contributed by atoms with Crippen molar-refractivity contribution in [1.82, 2.24) is 0 Å². The predicted octanol–water partition coefficient (Wildman–Crippen LogP) is 3.54. The van der Waals surface area contributed by atoms with Crippen molar-refractivity contribution < 1.29 is 14.9 Å². The molecule has 2 rings (SSSR count). The van der Waals surface area contributed by atoms with Crippen LogP contribution in [0.4, 0.5) is 0 Å². The minimum atomic E-state index is -0.139. The van der Waals surface area contributed by atoms with E-state index in [1.807, 2.05) is 0 Å². The number of rotatable bonds is 2. The molecule has 0 bridgehead atoms. The number of aromatic hydroxyl groups is 2. The van der Waals surface area contributed by atoms with Crippen molar-refractivity contribution in [1.29, 1.82) is 0 Å². The monoisotopic (exact) mass is 236 g/mol. The number of benzene rings is 2. The van der Waals surface area contributed by atoms with E-state index in [4.69, 9.17) is 21.4 Å². The maximum Gasteiger partial charge on any atom is 0.169 e. The van der Waals surface area contributed by atoms with Crippen LogP contribution in [0.3, 0.4) is 0 Å². The lowest BCUT2D eigenvalue weighted by Gasteiger charge is -2.08. The molecule has 0 aliphatic rings. The lowest BCUT2D eigenvalue weighted by atomic mass is 10.3. The Morgan fingerprint density at radius 3 is 2.38 bits per heavy atom. The van der Waals surface area contributed by atoms with Gasteiger partial charge >= 0.3 is 0 Å². The molecule has 0 radical (unpaired) electrons. The Labute approximate surface area is 97.5 Å². The predicted molar refractivity (Wildman–Crippen MR) is 61.3 cm³/mol. The molecule has 82 valence electrons. The fourth-order valence-electron chi connectivity index (χ4n) is 1.24. The Hall–Kier alpha value is -1.87. The van der Waals surface area contributed by atoms with E-state index < -0.39 is 0 Å². The third-order valence-electron chi connectivity index (χ3n) is 2.00. The van der Waals surface area contributed by atoms with E-state index in [9.17, 15) is 5.11 Å². The first-order chi connectivity index (χ1) is 7.66. The number of halogens is 1. The van der Waals surface area contributed by atoms with E-state index in [2.05, 4.69) is 0 Å². The molecule has 16 heavy (non-hydrogen) atoms. The first kappa shape index (κ1) is 10.6. The van der Waals surface area contributed by atoms with Crippen molar-refractivity contribution >= 4 is 11.6 Å². The topological polar surface area (TPSA) is 49.7 Å². The molecule has 0 atom stereocenters. The van der Waals surface area contributed by atoms with Gasteiger partial charge in [-0.25, -0.2) is 0 Å². The van der Waals surface area contributed by atoms with Crippen LogP contribution in [0.15, 0.2) is 42.5 Å². The van der Waals surface area contributed by atoms with Gasteiger partial charge in [-0.05, 0) is 24.3 Å². The normalized spacial score (nSPS) is 10.1. The maximum absolute atomic E-state index is 9.52. The molecule has 0 aromatic heterocycles. The summed E-state index contributed by atoms with van der Waals surface area (Å²) < 4.78 is 5.40. The molecule has 0 spiro atoms. The second-order valence-corrected chi connectivity index (χ2v) is 3.59.